The highest BCUT2D eigenvalue weighted by molar-refractivity contribution is 9.10. The fraction of sp³-hybridized carbons (Fsp3) is 0.467. The lowest BCUT2D eigenvalue weighted by molar-refractivity contribution is -0.274. The molecule has 0 saturated heterocycles. The number of hydrogen-bond donors (Lipinski definition) is 0. The molecular weight excluding hydrogens is 393 g/mol. The second-order valence-corrected chi connectivity index (χ2v) is 12.2. The maximum atomic E-state index is 12.3. The standard InChI is InChI=1S/C15H18BrF3O3Si/c1-14(2,3)23(4,5)22-12-10-7-6-9(21-15(17,18)19)8-11(10)20-13(12)16/h6-8H,1-5H3. The molecule has 2 aromatic rings. The average molecular weight is 411 g/mol. The molecule has 0 N–H and O–H groups in total. The zero-order valence-electron chi connectivity index (χ0n) is 13.5. The molecule has 3 nitrogen and oxygen atoms in total. The molecule has 128 valence electrons. The van der Waals surface area contributed by atoms with E-state index in [1.165, 1.54) is 18.2 Å². The summed E-state index contributed by atoms with van der Waals surface area (Å²) in [5.74, 6) is 0.190. The molecule has 0 spiro atoms. The number of hydrogen-bond acceptors (Lipinski definition) is 3. The van der Waals surface area contributed by atoms with Crippen LogP contribution in [0, 0.1) is 0 Å². The zero-order chi connectivity index (χ0) is 17.6. The SMILES string of the molecule is CC(C)(C)[Si](C)(C)Oc1c(Br)oc2cc(OC(F)(F)F)ccc12. The number of furan rings is 1. The Bertz CT molecular complexity index is 717. The van der Waals surface area contributed by atoms with Gasteiger partial charge in [-0.25, -0.2) is 0 Å². The van der Waals surface area contributed by atoms with Crippen molar-refractivity contribution in [1.29, 1.82) is 0 Å². The van der Waals surface area contributed by atoms with E-state index in [1.54, 1.807) is 0 Å². The molecule has 0 saturated carbocycles. The summed E-state index contributed by atoms with van der Waals surface area (Å²) in [4.78, 5) is 0. The highest BCUT2D eigenvalue weighted by Crippen LogP contribution is 2.44. The molecule has 1 aromatic carbocycles. The molecule has 0 unspecified atom stereocenters. The highest BCUT2D eigenvalue weighted by atomic mass is 79.9. The third-order valence-corrected chi connectivity index (χ3v) is 8.82. The average Bonchev–Trinajstić information content (AvgIpc) is 2.61. The van der Waals surface area contributed by atoms with Crippen molar-refractivity contribution in [3.05, 3.63) is 22.9 Å². The topological polar surface area (TPSA) is 31.6 Å². The minimum Gasteiger partial charge on any atom is -0.540 e. The van der Waals surface area contributed by atoms with Gasteiger partial charge in [0.2, 0.25) is 4.67 Å². The van der Waals surface area contributed by atoms with Crippen LogP contribution in [0.2, 0.25) is 18.1 Å². The second-order valence-electron chi connectivity index (χ2n) is 6.77. The first-order valence-electron chi connectivity index (χ1n) is 6.97. The third-order valence-electron chi connectivity index (χ3n) is 3.97. The van der Waals surface area contributed by atoms with Crippen molar-refractivity contribution in [3.63, 3.8) is 0 Å². The lowest BCUT2D eigenvalue weighted by atomic mass is 10.2. The molecule has 8 heteroatoms. The van der Waals surface area contributed by atoms with Gasteiger partial charge >= 0.3 is 6.36 Å². The van der Waals surface area contributed by atoms with Crippen LogP contribution < -0.4 is 9.16 Å². The van der Waals surface area contributed by atoms with Gasteiger partial charge in [0.25, 0.3) is 8.32 Å². The first-order chi connectivity index (χ1) is 10.3. The summed E-state index contributed by atoms with van der Waals surface area (Å²) in [5, 5.41) is 0.589. The molecule has 23 heavy (non-hydrogen) atoms. The quantitative estimate of drug-likeness (QED) is 0.542. The van der Waals surface area contributed by atoms with Crippen molar-refractivity contribution in [2.75, 3.05) is 0 Å². The largest absolute Gasteiger partial charge is 0.573 e. The minimum absolute atomic E-state index is 0.0185. The molecule has 1 heterocycles. The number of halogens is 4. The van der Waals surface area contributed by atoms with Crippen LogP contribution in [0.15, 0.2) is 27.3 Å². The van der Waals surface area contributed by atoms with Crippen molar-refractivity contribution in [2.24, 2.45) is 0 Å². The van der Waals surface area contributed by atoms with Gasteiger partial charge in [0.15, 0.2) is 5.75 Å². The van der Waals surface area contributed by atoms with Gasteiger partial charge in [-0.2, -0.15) is 0 Å². The van der Waals surface area contributed by atoms with Gasteiger partial charge in [0.1, 0.15) is 11.3 Å². The van der Waals surface area contributed by atoms with Crippen molar-refractivity contribution < 1.29 is 26.8 Å². The molecule has 0 aliphatic rings. The monoisotopic (exact) mass is 410 g/mol. The molecule has 0 bridgehead atoms. The molecule has 0 atom stereocenters. The fourth-order valence-corrected chi connectivity index (χ4v) is 3.36. The van der Waals surface area contributed by atoms with Gasteiger partial charge in [0.05, 0.1) is 5.39 Å². The van der Waals surface area contributed by atoms with Gasteiger partial charge in [-0.15, -0.1) is 13.2 Å². The van der Waals surface area contributed by atoms with Crippen LogP contribution in [0.25, 0.3) is 11.0 Å². The molecule has 0 radical (unpaired) electrons. The van der Waals surface area contributed by atoms with Gasteiger partial charge in [0, 0.05) is 6.07 Å². The van der Waals surface area contributed by atoms with E-state index < -0.39 is 14.7 Å². The molecule has 0 amide bonds. The van der Waals surface area contributed by atoms with E-state index in [1.807, 2.05) is 0 Å². The van der Waals surface area contributed by atoms with Gasteiger partial charge in [-0.1, -0.05) is 20.8 Å². The highest BCUT2D eigenvalue weighted by Gasteiger charge is 2.40. The third kappa shape index (κ3) is 4.03. The number of benzene rings is 1. The van der Waals surface area contributed by atoms with Crippen LogP contribution in [-0.2, 0) is 0 Å². The fourth-order valence-electron chi connectivity index (χ4n) is 1.72. The summed E-state index contributed by atoms with van der Waals surface area (Å²) in [7, 11) is -2.11. The minimum atomic E-state index is -4.74. The van der Waals surface area contributed by atoms with E-state index in [-0.39, 0.29) is 16.4 Å². The summed E-state index contributed by atoms with van der Waals surface area (Å²) in [6.07, 6.45) is -4.74. The number of ether oxygens (including phenoxy) is 1. The van der Waals surface area contributed by atoms with E-state index in [0.29, 0.717) is 15.8 Å². The van der Waals surface area contributed by atoms with Crippen LogP contribution in [0.5, 0.6) is 11.5 Å². The Morgan fingerprint density at radius 2 is 1.74 bits per heavy atom. The van der Waals surface area contributed by atoms with Crippen LogP contribution in [0.1, 0.15) is 20.8 Å². The van der Waals surface area contributed by atoms with Crippen molar-refractivity contribution in [2.45, 2.75) is 45.3 Å². The summed E-state index contributed by atoms with van der Waals surface area (Å²) in [6.45, 7) is 10.5. The summed E-state index contributed by atoms with van der Waals surface area (Å²) in [6, 6.07) is 3.95. The Kier molecular flexibility index (Phi) is 4.53. The lowest BCUT2D eigenvalue weighted by Gasteiger charge is -2.36. The second kappa shape index (κ2) is 5.73. The Morgan fingerprint density at radius 3 is 2.26 bits per heavy atom. The Morgan fingerprint density at radius 1 is 1.13 bits per heavy atom. The molecule has 1 aromatic heterocycles. The Balaban J connectivity index is 2.41. The normalized spacial score (nSPS) is 13.4. The van der Waals surface area contributed by atoms with E-state index in [9.17, 15) is 13.2 Å². The smallest absolute Gasteiger partial charge is 0.540 e. The molecule has 2 rings (SSSR count). The number of fused-ring (bicyclic) bond motifs is 1. The maximum Gasteiger partial charge on any atom is 0.573 e. The van der Waals surface area contributed by atoms with E-state index >= 15 is 0 Å². The molecular formula is C15H18BrF3O3Si. The number of rotatable bonds is 3. The van der Waals surface area contributed by atoms with Crippen molar-refractivity contribution in [3.8, 4) is 11.5 Å². The van der Waals surface area contributed by atoms with Gasteiger partial charge < -0.3 is 13.6 Å². The first-order valence-corrected chi connectivity index (χ1v) is 10.7. The van der Waals surface area contributed by atoms with Gasteiger partial charge in [-0.3, -0.25) is 0 Å². The summed E-state index contributed by atoms with van der Waals surface area (Å²) >= 11 is 3.28. The zero-order valence-corrected chi connectivity index (χ0v) is 16.1. The van der Waals surface area contributed by atoms with E-state index in [2.05, 4.69) is 54.5 Å². The summed E-state index contributed by atoms with van der Waals surface area (Å²) < 4.78 is 52.9. The van der Waals surface area contributed by atoms with E-state index in [4.69, 9.17) is 8.84 Å². The maximum absolute atomic E-state index is 12.3. The van der Waals surface area contributed by atoms with E-state index in [0.717, 1.165) is 0 Å². The van der Waals surface area contributed by atoms with Crippen molar-refractivity contribution >= 4 is 35.2 Å². The predicted octanol–water partition coefficient (Wildman–Crippen LogP) is 6.48. The number of alkyl halides is 3. The Hall–Kier alpha value is -1.15. The molecule has 0 aliphatic carbocycles. The summed E-state index contributed by atoms with van der Waals surface area (Å²) in [5.41, 5.74) is 0.271. The Labute approximate surface area is 142 Å². The lowest BCUT2D eigenvalue weighted by Crippen LogP contribution is -2.43. The van der Waals surface area contributed by atoms with Crippen LogP contribution >= 0.6 is 15.9 Å². The van der Waals surface area contributed by atoms with Gasteiger partial charge in [-0.05, 0) is 46.2 Å². The first kappa shape index (κ1) is 18.2. The molecule has 0 aliphatic heterocycles. The van der Waals surface area contributed by atoms with Crippen LogP contribution in [-0.4, -0.2) is 14.7 Å². The predicted molar refractivity (Wildman–Crippen MR) is 88.4 cm³/mol. The van der Waals surface area contributed by atoms with Crippen LogP contribution in [0.4, 0.5) is 13.2 Å². The van der Waals surface area contributed by atoms with Crippen molar-refractivity contribution in [1.82, 2.24) is 0 Å². The molecule has 0 fully saturated rings. The van der Waals surface area contributed by atoms with Crippen LogP contribution in [0.3, 0.4) is 0 Å².